The maximum Gasteiger partial charge on any atom is 0.336 e. The zero-order valence-electron chi connectivity index (χ0n) is 17.3. The molecule has 2 aromatic carbocycles. The van der Waals surface area contributed by atoms with Gasteiger partial charge in [0.15, 0.2) is 11.5 Å². The van der Waals surface area contributed by atoms with E-state index in [1.165, 1.54) is 70.4 Å². The molecule has 0 atom stereocenters. The molecule has 0 bridgehead atoms. The highest BCUT2D eigenvalue weighted by molar-refractivity contribution is 6.20. The lowest BCUT2D eigenvalue weighted by Gasteiger charge is -2.11. The van der Waals surface area contributed by atoms with Crippen LogP contribution >= 0.6 is 0 Å². The standard InChI is InChI=1S/C22H20O9/c1-12(23)29-17-9-16(10-18(11-17)30-13(2)24)19(22(26)27)7-15-5-6-20(31-14(3)25)21(8-15)28-4/h5-11H,1-4H3,(H,26,27)/b19-7+. The molecule has 2 aromatic rings. The van der Waals surface area contributed by atoms with Crippen LogP contribution in [0.2, 0.25) is 0 Å². The van der Waals surface area contributed by atoms with E-state index in [1.54, 1.807) is 0 Å². The number of aliphatic carboxylic acids is 1. The number of hydrogen-bond donors (Lipinski definition) is 1. The first kappa shape index (κ1) is 23.1. The van der Waals surface area contributed by atoms with Gasteiger partial charge in [0.2, 0.25) is 0 Å². The summed E-state index contributed by atoms with van der Waals surface area (Å²) in [5.41, 5.74) is 0.382. The van der Waals surface area contributed by atoms with E-state index in [9.17, 15) is 24.3 Å². The fourth-order valence-corrected chi connectivity index (χ4v) is 2.63. The molecule has 162 valence electrons. The van der Waals surface area contributed by atoms with Gasteiger partial charge in [0, 0.05) is 26.8 Å². The second-order valence-corrected chi connectivity index (χ2v) is 6.25. The zero-order valence-corrected chi connectivity index (χ0v) is 17.3. The Labute approximate surface area is 177 Å². The van der Waals surface area contributed by atoms with Crippen LogP contribution in [0, 0.1) is 0 Å². The molecule has 0 unspecified atom stereocenters. The lowest BCUT2D eigenvalue weighted by Crippen LogP contribution is -2.06. The molecule has 0 fully saturated rings. The molecule has 0 saturated heterocycles. The van der Waals surface area contributed by atoms with Gasteiger partial charge in [-0.3, -0.25) is 14.4 Å². The number of benzene rings is 2. The van der Waals surface area contributed by atoms with Crippen LogP contribution in [0.4, 0.5) is 0 Å². The van der Waals surface area contributed by atoms with Crippen LogP contribution in [-0.2, 0) is 19.2 Å². The number of ether oxygens (including phenoxy) is 4. The van der Waals surface area contributed by atoms with E-state index in [2.05, 4.69) is 0 Å². The first-order valence-electron chi connectivity index (χ1n) is 8.92. The predicted octanol–water partition coefficient (Wildman–Crippen LogP) is 3.10. The van der Waals surface area contributed by atoms with E-state index in [1.807, 2.05) is 0 Å². The number of carboxylic acids is 1. The van der Waals surface area contributed by atoms with Crippen molar-refractivity contribution in [3.05, 3.63) is 47.5 Å². The van der Waals surface area contributed by atoms with Gasteiger partial charge < -0.3 is 24.1 Å². The molecule has 0 amide bonds. The van der Waals surface area contributed by atoms with Crippen LogP contribution in [0.1, 0.15) is 31.9 Å². The second kappa shape index (κ2) is 10.1. The van der Waals surface area contributed by atoms with Crippen molar-refractivity contribution >= 4 is 35.5 Å². The third kappa shape index (κ3) is 6.70. The predicted molar refractivity (Wildman–Crippen MR) is 109 cm³/mol. The summed E-state index contributed by atoms with van der Waals surface area (Å²) in [4.78, 5) is 45.8. The Bertz CT molecular complexity index is 1030. The highest BCUT2D eigenvalue weighted by Crippen LogP contribution is 2.32. The number of carboxylic acid groups (broad SMARTS) is 1. The van der Waals surface area contributed by atoms with Crippen molar-refractivity contribution in [2.24, 2.45) is 0 Å². The molecule has 31 heavy (non-hydrogen) atoms. The van der Waals surface area contributed by atoms with Crippen LogP contribution in [0.25, 0.3) is 11.6 Å². The van der Waals surface area contributed by atoms with Crippen molar-refractivity contribution in [1.82, 2.24) is 0 Å². The van der Waals surface area contributed by atoms with E-state index < -0.39 is 23.9 Å². The average molecular weight is 428 g/mol. The lowest BCUT2D eigenvalue weighted by molar-refractivity contribution is -0.133. The quantitative estimate of drug-likeness (QED) is 0.306. The maximum atomic E-state index is 12.0. The molecular formula is C22H20O9. The van der Waals surface area contributed by atoms with Crippen molar-refractivity contribution in [3.8, 4) is 23.0 Å². The molecule has 1 N–H and O–H groups in total. The van der Waals surface area contributed by atoms with E-state index in [0.717, 1.165) is 0 Å². The number of hydrogen-bond acceptors (Lipinski definition) is 8. The Morgan fingerprint density at radius 3 is 1.77 bits per heavy atom. The summed E-state index contributed by atoms with van der Waals surface area (Å²) in [7, 11) is 1.38. The third-order valence-electron chi connectivity index (χ3n) is 3.70. The van der Waals surface area contributed by atoms with Crippen molar-refractivity contribution in [2.45, 2.75) is 20.8 Å². The molecular weight excluding hydrogens is 408 g/mol. The number of esters is 3. The largest absolute Gasteiger partial charge is 0.493 e. The minimum absolute atomic E-state index is 0.0104. The van der Waals surface area contributed by atoms with Gasteiger partial charge in [0.1, 0.15) is 11.5 Å². The Kier molecular flexibility index (Phi) is 7.51. The first-order valence-corrected chi connectivity index (χ1v) is 8.92. The molecule has 0 aliphatic heterocycles. The Hall–Kier alpha value is -4.14. The van der Waals surface area contributed by atoms with Gasteiger partial charge in [-0.05, 0) is 41.5 Å². The first-order chi connectivity index (χ1) is 14.6. The van der Waals surface area contributed by atoms with Crippen LogP contribution < -0.4 is 18.9 Å². The molecule has 0 aliphatic rings. The lowest BCUT2D eigenvalue weighted by atomic mass is 10.0. The molecule has 0 spiro atoms. The second-order valence-electron chi connectivity index (χ2n) is 6.25. The summed E-state index contributed by atoms with van der Waals surface area (Å²) in [5.74, 6) is -2.65. The number of carbonyl (C=O) groups excluding carboxylic acids is 3. The molecule has 0 heterocycles. The maximum absolute atomic E-state index is 12.0. The summed E-state index contributed by atoms with van der Waals surface area (Å²) >= 11 is 0. The van der Waals surface area contributed by atoms with Crippen molar-refractivity contribution in [1.29, 1.82) is 0 Å². The minimum Gasteiger partial charge on any atom is -0.493 e. The van der Waals surface area contributed by atoms with E-state index in [-0.39, 0.29) is 34.1 Å². The zero-order chi connectivity index (χ0) is 23.1. The molecule has 9 heteroatoms. The molecule has 0 aliphatic carbocycles. The van der Waals surface area contributed by atoms with E-state index in [0.29, 0.717) is 5.56 Å². The number of rotatable bonds is 7. The summed E-state index contributed by atoms with van der Waals surface area (Å²) in [6.07, 6.45) is 1.34. The van der Waals surface area contributed by atoms with Gasteiger partial charge >= 0.3 is 23.9 Å². The summed E-state index contributed by atoms with van der Waals surface area (Å²) in [5, 5.41) is 9.75. The van der Waals surface area contributed by atoms with Gasteiger partial charge in [0.05, 0.1) is 12.7 Å². The third-order valence-corrected chi connectivity index (χ3v) is 3.70. The van der Waals surface area contributed by atoms with Crippen LogP contribution in [0.3, 0.4) is 0 Å². The number of methoxy groups -OCH3 is 1. The van der Waals surface area contributed by atoms with Gasteiger partial charge in [-0.1, -0.05) is 6.07 Å². The van der Waals surface area contributed by atoms with E-state index in [4.69, 9.17) is 18.9 Å². The summed E-state index contributed by atoms with van der Waals surface area (Å²) < 4.78 is 20.3. The smallest absolute Gasteiger partial charge is 0.336 e. The normalized spacial score (nSPS) is 10.8. The van der Waals surface area contributed by atoms with Gasteiger partial charge in [-0.25, -0.2) is 4.79 Å². The van der Waals surface area contributed by atoms with Gasteiger partial charge in [-0.15, -0.1) is 0 Å². The molecule has 2 rings (SSSR count). The van der Waals surface area contributed by atoms with Crippen molar-refractivity contribution in [3.63, 3.8) is 0 Å². The Balaban J connectivity index is 2.57. The number of carbonyl (C=O) groups is 4. The fourth-order valence-electron chi connectivity index (χ4n) is 2.63. The SMILES string of the molecule is COc1cc(/C=C(/C(=O)O)c2cc(OC(C)=O)cc(OC(C)=O)c2)ccc1OC(C)=O. The van der Waals surface area contributed by atoms with Crippen molar-refractivity contribution < 1.29 is 43.2 Å². The van der Waals surface area contributed by atoms with E-state index >= 15 is 0 Å². The highest BCUT2D eigenvalue weighted by Gasteiger charge is 2.16. The molecule has 0 radical (unpaired) electrons. The van der Waals surface area contributed by atoms with Crippen molar-refractivity contribution in [2.75, 3.05) is 7.11 Å². The van der Waals surface area contributed by atoms with Gasteiger partial charge in [-0.2, -0.15) is 0 Å². The average Bonchev–Trinajstić information content (AvgIpc) is 2.65. The van der Waals surface area contributed by atoms with Crippen LogP contribution in [0.15, 0.2) is 36.4 Å². The Morgan fingerprint density at radius 2 is 1.32 bits per heavy atom. The minimum atomic E-state index is -1.28. The van der Waals surface area contributed by atoms with Gasteiger partial charge in [0.25, 0.3) is 0 Å². The topological polar surface area (TPSA) is 125 Å². The highest BCUT2D eigenvalue weighted by atomic mass is 16.6. The van der Waals surface area contributed by atoms with Crippen LogP contribution in [-0.4, -0.2) is 36.1 Å². The molecule has 0 saturated carbocycles. The monoisotopic (exact) mass is 428 g/mol. The summed E-state index contributed by atoms with van der Waals surface area (Å²) in [6, 6.07) is 8.45. The summed E-state index contributed by atoms with van der Waals surface area (Å²) in [6.45, 7) is 3.61. The molecule has 0 aromatic heterocycles. The Morgan fingerprint density at radius 1 is 0.774 bits per heavy atom. The fraction of sp³-hybridized carbons (Fsp3) is 0.182. The van der Waals surface area contributed by atoms with Crippen LogP contribution in [0.5, 0.6) is 23.0 Å². The molecule has 9 nitrogen and oxygen atoms in total.